The number of carbonyl (C=O) groups excluding carboxylic acids is 1. The second-order valence-corrected chi connectivity index (χ2v) is 4.46. The standard InChI is InChI=1S/C13H10ClF3N2O2.C2H6/c1-2-21-12(20)10-7-11(13(15,16)17)18-19(10)9-5-3-8(14)4-6-9;1-2/h3-7H,2H2,1H3;1-2H3. The van der Waals surface area contributed by atoms with E-state index in [1.54, 1.807) is 6.92 Å². The molecule has 0 atom stereocenters. The number of aromatic nitrogens is 2. The van der Waals surface area contributed by atoms with E-state index >= 15 is 0 Å². The van der Waals surface area contributed by atoms with Crippen LogP contribution in [-0.4, -0.2) is 22.4 Å². The molecule has 0 N–H and O–H groups in total. The van der Waals surface area contributed by atoms with Crippen LogP contribution in [0.15, 0.2) is 30.3 Å². The highest BCUT2D eigenvalue weighted by Gasteiger charge is 2.36. The highest BCUT2D eigenvalue weighted by atomic mass is 35.5. The van der Waals surface area contributed by atoms with E-state index in [4.69, 9.17) is 16.3 Å². The molecule has 0 bridgehead atoms. The highest BCUT2D eigenvalue weighted by molar-refractivity contribution is 6.30. The molecule has 1 heterocycles. The summed E-state index contributed by atoms with van der Waals surface area (Å²) in [4.78, 5) is 11.8. The number of nitrogens with zero attached hydrogens (tertiary/aromatic N) is 2. The van der Waals surface area contributed by atoms with E-state index in [0.717, 1.165) is 4.68 Å². The monoisotopic (exact) mass is 348 g/mol. The first kappa shape index (κ1) is 19.0. The van der Waals surface area contributed by atoms with Crippen molar-refractivity contribution in [2.45, 2.75) is 26.9 Å². The van der Waals surface area contributed by atoms with Crippen molar-refractivity contribution in [3.63, 3.8) is 0 Å². The van der Waals surface area contributed by atoms with E-state index in [1.165, 1.54) is 24.3 Å². The lowest BCUT2D eigenvalue weighted by Crippen LogP contribution is -2.12. The van der Waals surface area contributed by atoms with Gasteiger partial charge in [-0.25, -0.2) is 9.48 Å². The van der Waals surface area contributed by atoms with Gasteiger partial charge in [-0.2, -0.15) is 18.3 Å². The summed E-state index contributed by atoms with van der Waals surface area (Å²) >= 11 is 5.73. The Labute approximate surface area is 136 Å². The maximum Gasteiger partial charge on any atom is 0.435 e. The lowest BCUT2D eigenvalue weighted by Gasteiger charge is -2.06. The minimum Gasteiger partial charge on any atom is -0.461 e. The van der Waals surface area contributed by atoms with Gasteiger partial charge in [0, 0.05) is 11.1 Å². The zero-order chi connectivity index (χ0) is 17.6. The molecular weight excluding hydrogens is 333 g/mol. The molecule has 126 valence electrons. The van der Waals surface area contributed by atoms with Gasteiger partial charge in [-0.15, -0.1) is 0 Å². The van der Waals surface area contributed by atoms with Crippen molar-refractivity contribution in [2.75, 3.05) is 6.61 Å². The molecule has 0 aliphatic rings. The molecule has 0 saturated carbocycles. The first-order valence-corrected chi connectivity index (χ1v) is 7.31. The number of carbonyl (C=O) groups is 1. The van der Waals surface area contributed by atoms with Crippen molar-refractivity contribution in [1.82, 2.24) is 9.78 Å². The molecule has 0 fully saturated rings. The summed E-state index contributed by atoms with van der Waals surface area (Å²) in [5, 5.41) is 3.85. The predicted molar refractivity (Wildman–Crippen MR) is 80.9 cm³/mol. The van der Waals surface area contributed by atoms with Crippen LogP contribution in [0.5, 0.6) is 0 Å². The lowest BCUT2D eigenvalue weighted by atomic mass is 10.3. The topological polar surface area (TPSA) is 44.1 Å². The van der Waals surface area contributed by atoms with Gasteiger partial charge in [-0.1, -0.05) is 25.4 Å². The molecule has 0 saturated heterocycles. The van der Waals surface area contributed by atoms with Crippen LogP contribution in [0.2, 0.25) is 5.02 Å². The molecule has 2 aromatic rings. The third kappa shape index (κ3) is 4.72. The molecule has 0 amide bonds. The van der Waals surface area contributed by atoms with Crippen LogP contribution >= 0.6 is 11.6 Å². The van der Waals surface area contributed by atoms with Crippen molar-refractivity contribution in [3.8, 4) is 5.69 Å². The number of hydrogen-bond donors (Lipinski definition) is 0. The molecule has 0 unspecified atom stereocenters. The second-order valence-electron chi connectivity index (χ2n) is 4.02. The van der Waals surface area contributed by atoms with Gasteiger partial charge in [0.15, 0.2) is 11.4 Å². The Morgan fingerprint density at radius 3 is 2.30 bits per heavy atom. The van der Waals surface area contributed by atoms with Gasteiger partial charge in [0.2, 0.25) is 0 Å². The SMILES string of the molecule is CC.CCOC(=O)c1cc(C(F)(F)F)nn1-c1ccc(Cl)cc1. The molecule has 0 radical (unpaired) electrons. The van der Waals surface area contributed by atoms with E-state index in [9.17, 15) is 18.0 Å². The van der Waals surface area contributed by atoms with E-state index in [0.29, 0.717) is 11.1 Å². The Kier molecular flexibility index (Phi) is 6.62. The average molecular weight is 349 g/mol. The number of ether oxygens (including phenoxy) is 1. The van der Waals surface area contributed by atoms with Gasteiger partial charge in [0.05, 0.1) is 12.3 Å². The summed E-state index contributed by atoms with van der Waals surface area (Å²) in [6.07, 6.45) is -4.65. The zero-order valence-electron chi connectivity index (χ0n) is 12.8. The van der Waals surface area contributed by atoms with Crippen LogP contribution in [0.3, 0.4) is 0 Å². The quantitative estimate of drug-likeness (QED) is 0.752. The molecule has 0 aliphatic carbocycles. The summed E-state index contributed by atoms with van der Waals surface area (Å²) < 4.78 is 43.9. The Morgan fingerprint density at radius 2 is 1.83 bits per heavy atom. The van der Waals surface area contributed by atoms with Gasteiger partial charge >= 0.3 is 12.1 Å². The molecule has 0 spiro atoms. The molecule has 4 nitrogen and oxygen atoms in total. The summed E-state index contributed by atoms with van der Waals surface area (Å²) in [6.45, 7) is 5.61. The van der Waals surface area contributed by atoms with E-state index < -0.39 is 17.8 Å². The maximum atomic E-state index is 12.8. The number of alkyl halides is 3. The molecule has 1 aromatic heterocycles. The van der Waals surface area contributed by atoms with Crippen LogP contribution in [0.25, 0.3) is 5.69 Å². The van der Waals surface area contributed by atoms with Crippen LogP contribution in [-0.2, 0) is 10.9 Å². The summed E-state index contributed by atoms with van der Waals surface area (Å²) in [6, 6.07) is 6.55. The average Bonchev–Trinajstić information content (AvgIpc) is 2.96. The van der Waals surface area contributed by atoms with E-state index in [2.05, 4.69) is 5.10 Å². The number of benzene rings is 1. The largest absolute Gasteiger partial charge is 0.461 e. The van der Waals surface area contributed by atoms with Gasteiger partial charge in [0.1, 0.15) is 0 Å². The Balaban J connectivity index is 0.00000127. The van der Waals surface area contributed by atoms with Crippen molar-refractivity contribution >= 4 is 17.6 Å². The third-order valence-corrected chi connectivity index (χ3v) is 2.81. The van der Waals surface area contributed by atoms with Crippen molar-refractivity contribution in [1.29, 1.82) is 0 Å². The van der Waals surface area contributed by atoms with Crippen LogP contribution in [0.4, 0.5) is 13.2 Å². The Bertz CT molecular complexity index is 652. The Hall–Kier alpha value is -2.02. The normalized spacial score (nSPS) is 10.7. The predicted octanol–water partition coefficient (Wildman–Crippen LogP) is 4.75. The van der Waals surface area contributed by atoms with Crippen LogP contribution < -0.4 is 0 Å². The summed E-state index contributed by atoms with van der Waals surface area (Å²) in [5.41, 5.74) is -1.19. The van der Waals surface area contributed by atoms with Crippen LogP contribution in [0, 0.1) is 0 Å². The minimum absolute atomic E-state index is 0.0476. The summed E-state index contributed by atoms with van der Waals surface area (Å²) in [5.74, 6) is -0.879. The smallest absolute Gasteiger partial charge is 0.435 e. The van der Waals surface area contributed by atoms with Crippen LogP contribution in [0.1, 0.15) is 37.0 Å². The fourth-order valence-electron chi connectivity index (χ4n) is 1.65. The highest BCUT2D eigenvalue weighted by Crippen LogP contribution is 2.30. The number of hydrogen-bond acceptors (Lipinski definition) is 3. The molecule has 1 aromatic carbocycles. The second kappa shape index (κ2) is 8.01. The number of halogens is 4. The Morgan fingerprint density at radius 1 is 1.26 bits per heavy atom. The van der Waals surface area contributed by atoms with Crippen molar-refractivity contribution in [3.05, 3.63) is 46.7 Å². The minimum atomic E-state index is -4.65. The molecule has 8 heteroatoms. The van der Waals surface area contributed by atoms with Gasteiger partial charge in [-0.3, -0.25) is 0 Å². The molecule has 23 heavy (non-hydrogen) atoms. The molecule has 2 rings (SSSR count). The van der Waals surface area contributed by atoms with Crippen molar-refractivity contribution < 1.29 is 22.7 Å². The maximum absolute atomic E-state index is 12.8. The fourth-order valence-corrected chi connectivity index (χ4v) is 1.78. The first-order valence-electron chi connectivity index (χ1n) is 6.93. The van der Waals surface area contributed by atoms with Gasteiger partial charge in [0.25, 0.3) is 0 Å². The number of rotatable bonds is 3. The van der Waals surface area contributed by atoms with Crippen molar-refractivity contribution in [2.24, 2.45) is 0 Å². The molecule has 0 aliphatic heterocycles. The summed E-state index contributed by atoms with van der Waals surface area (Å²) in [7, 11) is 0. The zero-order valence-corrected chi connectivity index (χ0v) is 13.6. The lowest BCUT2D eigenvalue weighted by molar-refractivity contribution is -0.141. The van der Waals surface area contributed by atoms with E-state index in [1.807, 2.05) is 13.8 Å². The van der Waals surface area contributed by atoms with Gasteiger partial charge < -0.3 is 4.74 Å². The first-order chi connectivity index (χ1) is 10.8. The fraction of sp³-hybridized carbons (Fsp3) is 0.333. The number of esters is 1. The van der Waals surface area contributed by atoms with E-state index in [-0.39, 0.29) is 18.0 Å². The third-order valence-electron chi connectivity index (χ3n) is 2.56. The molecular formula is C15H16ClF3N2O2. The van der Waals surface area contributed by atoms with Gasteiger partial charge in [-0.05, 0) is 31.2 Å².